The summed E-state index contributed by atoms with van der Waals surface area (Å²) in [5.74, 6) is 1.43. The molecule has 0 aromatic rings. The van der Waals surface area contributed by atoms with Crippen molar-refractivity contribution in [1.82, 2.24) is 15.1 Å². The van der Waals surface area contributed by atoms with Crippen LogP contribution >= 0.6 is 11.8 Å². The van der Waals surface area contributed by atoms with E-state index in [1.165, 1.54) is 43.9 Å². The number of ether oxygens (including phenoxy) is 1. The Balaban J connectivity index is 1.72. The summed E-state index contributed by atoms with van der Waals surface area (Å²) in [6.07, 6.45) is 7.70. The predicted octanol–water partition coefficient (Wildman–Crippen LogP) is 2.58. The average Bonchev–Trinajstić information content (AvgIpc) is 2.66. The molecule has 0 bridgehead atoms. The number of rotatable bonds is 9. The minimum Gasteiger partial charge on any atom is -0.379 e. The van der Waals surface area contributed by atoms with Crippen LogP contribution in [0.25, 0.3) is 0 Å². The number of amides is 2. The van der Waals surface area contributed by atoms with Crippen LogP contribution in [0.1, 0.15) is 45.4 Å². The van der Waals surface area contributed by atoms with E-state index in [9.17, 15) is 9.59 Å². The Kier molecular flexibility index (Phi) is 10.4. The van der Waals surface area contributed by atoms with E-state index in [0.717, 1.165) is 51.7 Å². The highest BCUT2D eigenvalue weighted by molar-refractivity contribution is 8.13. The van der Waals surface area contributed by atoms with Gasteiger partial charge >= 0.3 is 6.03 Å². The number of urea groups is 1. The van der Waals surface area contributed by atoms with Gasteiger partial charge in [0.15, 0.2) is 5.12 Å². The van der Waals surface area contributed by atoms with Crippen LogP contribution in [0.3, 0.4) is 0 Å². The van der Waals surface area contributed by atoms with Crippen LogP contribution in [0.4, 0.5) is 4.79 Å². The van der Waals surface area contributed by atoms with Crippen LogP contribution in [0.2, 0.25) is 0 Å². The molecule has 1 N–H and O–H groups in total. The quantitative estimate of drug-likeness (QED) is 0.661. The van der Waals surface area contributed by atoms with Gasteiger partial charge in [0.05, 0.1) is 13.2 Å². The molecule has 0 aromatic carbocycles. The summed E-state index contributed by atoms with van der Waals surface area (Å²) < 4.78 is 5.35. The van der Waals surface area contributed by atoms with Gasteiger partial charge in [0.25, 0.3) is 0 Å². The van der Waals surface area contributed by atoms with Crippen LogP contribution in [0.5, 0.6) is 0 Å². The standard InChI is InChI=1S/C19H35N3O3S/c1-17(23)26-16-13-22(9-7-18-5-3-2-4-6-18)19(24)20-8-10-21-11-14-25-15-12-21/h18H,2-16H2,1H3,(H,20,24). The average molecular weight is 386 g/mol. The second kappa shape index (κ2) is 12.6. The molecule has 0 unspecified atom stereocenters. The van der Waals surface area contributed by atoms with Crippen molar-refractivity contribution in [3.8, 4) is 0 Å². The second-order valence-corrected chi connectivity index (χ2v) is 8.58. The van der Waals surface area contributed by atoms with Crippen LogP contribution in [-0.2, 0) is 9.53 Å². The van der Waals surface area contributed by atoms with E-state index in [-0.39, 0.29) is 11.1 Å². The van der Waals surface area contributed by atoms with E-state index < -0.39 is 0 Å². The Morgan fingerprint density at radius 1 is 1.15 bits per heavy atom. The van der Waals surface area contributed by atoms with Crippen LogP contribution in [0, 0.1) is 5.92 Å². The first-order valence-corrected chi connectivity index (χ1v) is 11.1. The SMILES string of the molecule is CC(=O)SCCN(CCC1CCCCC1)C(=O)NCCN1CCOCC1. The molecule has 1 heterocycles. The summed E-state index contributed by atoms with van der Waals surface area (Å²) in [5.41, 5.74) is 0. The molecule has 1 saturated carbocycles. The van der Waals surface area contributed by atoms with Crippen molar-refractivity contribution in [3.63, 3.8) is 0 Å². The van der Waals surface area contributed by atoms with Crippen molar-refractivity contribution in [2.75, 3.05) is 58.2 Å². The van der Waals surface area contributed by atoms with E-state index in [1.54, 1.807) is 6.92 Å². The highest BCUT2D eigenvalue weighted by atomic mass is 32.2. The van der Waals surface area contributed by atoms with E-state index in [4.69, 9.17) is 4.74 Å². The van der Waals surface area contributed by atoms with Crippen molar-refractivity contribution in [2.45, 2.75) is 45.4 Å². The molecule has 2 fully saturated rings. The molecular formula is C19H35N3O3S. The van der Waals surface area contributed by atoms with Gasteiger partial charge in [-0.1, -0.05) is 43.9 Å². The third kappa shape index (κ3) is 8.73. The van der Waals surface area contributed by atoms with Crippen molar-refractivity contribution < 1.29 is 14.3 Å². The first-order chi connectivity index (χ1) is 12.6. The Bertz CT molecular complexity index is 424. The van der Waals surface area contributed by atoms with Gasteiger partial charge in [0.2, 0.25) is 0 Å². The van der Waals surface area contributed by atoms with Crippen LogP contribution < -0.4 is 5.32 Å². The number of carbonyl (C=O) groups excluding carboxylic acids is 2. The third-order valence-electron chi connectivity index (χ3n) is 5.29. The Morgan fingerprint density at radius 3 is 2.58 bits per heavy atom. The normalized spacial score (nSPS) is 19.3. The van der Waals surface area contributed by atoms with Gasteiger partial charge in [-0.3, -0.25) is 9.69 Å². The minimum atomic E-state index is 0.0122. The van der Waals surface area contributed by atoms with Gasteiger partial charge in [0, 0.05) is 51.9 Å². The van der Waals surface area contributed by atoms with Crippen molar-refractivity contribution >= 4 is 22.9 Å². The maximum absolute atomic E-state index is 12.6. The molecule has 2 rings (SSSR count). The van der Waals surface area contributed by atoms with Gasteiger partial charge in [-0.2, -0.15) is 0 Å². The number of nitrogens with one attached hydrogen (secondary N) is 1. The first-order valence-electron chi connectivity index (χ1n) is 10.1. The number of carbonyl (C=O) groups is 2. The lowest BCUT2D eigenvalue weighted by Gasteiger charge is -2.29. The molecular weight excluding hydrogens is 350 g/mol. The summed E-state index contributed by atoms with van der Waals surface area (Å²) >= 11 is 1.30. The van der Waals surface area contributed by atoms with Crippen molar-refractivity contribution in [1.29, 1.82) is 0 Å². The maximum atomic E-state index is 12.6. The number of nitrogens with zero attached hydrogens (tertiary/aromatic N) is 2. The Morgan fingerprint density at radius 2 is 1.88 bits per heavy atom. The molecule has 2 amide bonds. The molecule has 1 aliphatic heterocycles. The van der Waals surface area contributed by atoms with Crippen LogP contribution in [-0.4, -0.2) is 79.2 Å². The van der Waals surface area contributed by atoms with Gasteiger partial charge in [-0.15, -0.1) is 0 Å². The molecule has 1 aliphatic carbocycles. The first kappa shape index (κ1) is 21.5. The highest BCUT2D eigenvalue weighted by Gasteiger charge is 2.18. The molecule has 6 nitrogen and oxygen atoms in total. The zero-order valence-corrected chi connectivity index (χ0v) is 17.0. The summed E-state index contributed by atoms with van der Waals surface area (Å²) in [4.78, 5) is 28.0. The molecule has 0 atom stereocenters. The molecule has 150 valence electrons. The van der Waals surface area contributed by atoms with E-state index in [0.29, 0.717) is 18.8 Å². The monoisotopic (exact) mass is 385 g/mol. The predicted molar refractivity (Wildman–Crippen MR) is 107 cm³/mol. The lowest BCUT2D eigenvalue weighted by molar-refractivity contribution is -0.109. The molecule has 0 radical (unpaired) electrons. The molecule has 2 aliphatic rings. The highest BCUT2D eigenvalue weighted by Crippen LogP contribution is 2.26. The Labute approximate surface area is 162 Å². The summed E-state index contributed by atoms with van der Waals surface area (Å²) in [5, 5.41) is 3.18. The molecule has 0 spiro atoms. The maximum Gasteiger partial charge on any atom is 0.317 e. The fraction of sp³-hybridized carbons (Fsp3) is 0.895. The summed E-state index contributed by atoms with van der Waals surface area (Å²) in [6.45, 7) is 8.00. The number of hydrogen-bond donors (Lipinski definition) is 1. The smallest absolute Gasteiger partial charge is 0.317 e. The number of hydrogen-bond acceptors (Lipinski definition) is 5. The number of thioether (sulfide) groups is 1. The fourth-order valence-corrected chi connectivity index (χ4v) is 4.29. The van der Waals surface area contributed by atoms with E-state index in [2.05, 4.69) is 10.2 Å². The largest absolute Gasteiger partial charge is 0.379 e. The Hall–Kier alpha value is -0.790. The lowest BCUT2D eigenvalue weighted by Crippen LogP contribution is -2.46. The lowest BCUT2D eigenvalue weighted by atomic mass is 9.87. The van der Waals surface area contributed by atoms with Crippen LogP contribution in [0.15, 0.2) is 0 Å². The van der Waals surface area contributed by atoms with Gasteiger partial charge in [0.1, 0.15) is 0 Å². The summed E-state index contributed by atoms with van der Waals surface area (Å²) in [7, 11) is 0. The zero-order chi connectivity index (χ0) is 18.6. The molecule has 1 saturated heterocycles. The van der Waals surface area contributed by atoms with Gasteiger partial charge < -0.3 is 15.0 Å². The molecule has 0 aromatic heterocycles. The third-order valence-corrected chi connectivity index (χ3v) is 6.09. The van der Waals surface area contributed by atoms with E-state index in [1.807, 2.05) is 4.90 Å². The minimum absolute atomic E-state index is 0.0122. The number of morpholine rings is 1. The summed E-state index contributed by atoms with van der Waals surface area (Å²) in [6, 6.07) is 0.0122. The van der Waals surface area contributed by atoms with Crippen molar-refractivity contribution in [2.24, 2.45) is 5.92 Å². The molecule has 7 heteroatoms. The topological polar surface area (TPSA) is 61.9 Å². The second-order valence-electron chi connectivity index (χ2n) is 7.31. The van der Waals surface area contributed by atoms with E-state index >= 15 is 0 Å². The molecule has 26 heavy (non-hydrogen) atoms. The zero-order valence-electron chi connectivity index (χ0n) is 16.2. The fourth-order valence-electron chi connectivity index (χ4n) is 3.69. The van der Waals surface area contributed by atoms with Gasteiger partial charge in [-0.05, 0) is 12.3 Å². The van der Waals surface area contributed by atoms with Crippen molar-refractivity contribution in [3.05, 3.63) is 0 Å². The van der Waals surface area contributed by atoms with Gasteiger partial charge in [-0.25, -0.2) is 4.79 Å².